The van der Waals surface area contributed by atoms with E-state index in [1.54, 1.807) is 0 Å². The van der Waals surface area contributed by atoms with E-state index >= 15 is 0 Å². The third-order valence-corrected chi connectivity index (χ3v) is 3.46. The monoisotopic (exact) mass is 253 g/mol. The molecule has 2 N–H and O–H groups in total. The normalized spacial score (nSPS) is 12.9. The Bertz CT molecular complexity index is 360. The van der Waals surface area contributed by atoms with Gasteiger partial charge in [-0.25, -0.2) is 0 Å². The Balaban J connectivity index is 2.51. The highest BCUT2D eigenvalue weighted by Gasteiger charge is 2.16. The molecule has 1 aromatic heterocycles. The zero-order valence-corrected chi connectivity index (χ0v) is 12.2. The van der Waals surface area contributed by atoms with Crippen LogP contribution < -0.4 is 5.32 Å². The van der Waals surface area contributed by atoms with Crippen molar-refractivity contribution in [2.24, 2.45) is 0 Å². The van der Waals surface area contributed by atoms with Crippen molar-refractivity contribution in [2.75, 3.05) is 13.2 Å². The van der Waals surface area contributed by atoms with Gasteiger partial charge in [0, 0.05) is 30.5 Å². The summed E-state index contributed by atoms with van der Waals surface area (Å²) in [6, 6.07) is 0.347. The number of aromatic nitrogens is 2. The van der Waals surface area contributed by atoms with Crippen LogP contribution >= 0.6 is 0 Å². The number of hydrogen-bond acceptors (Lipinski definition) is 3. The van der Waals surface area contributed by atoms with E-state index in [-0.39, 0.29) is 0 Å². The van der Waals surface area contributed by atoms with Gasteiger partial charge in [0.2, 0.25) is 0 Å². The number of rotatable bonds is 8. The van der Waals surface area contributed by atoms with Crippen LogP contribution in [0, 0.1) is 13.8 Å². The summed E-state index contributed by atoms with van der Waals surface area (Å²) in [5, 5.41) is 16.8. The van der Waals surface area contributed by atoms with Gasteiger partial charge in [0.15, 0.2) is 0 Å². The van der Waals surface area contributed by atoms with Crippen molar-refractivity contribution in [1.82, 2.24) is 15.1 Å². The molecule has 1 heterocycles. The van der Waals surface area contributed by atoms with E-state index in [4.69, 9.17) is 5.11 Å². The zero-order chi connectivity index (χ0) is 13.5. The summed E-state index contributed by atoms with van der Waals surface area (Å²) in [6.07, 6.45) is 3.11. The van der Waals surface area contributed by atoms with Gasteiger partial charge in [0.05, 0.1) is 5.69 Å². The summed E-state index contributed by atoms with van der Waals surface area (Å²) < 4.78 is 2.06. The van der Waals surface area contributed by atoms with Gasteiger partial charge in [0.25, 0.3) is 0 Å². The Kier molecular flexibility index (Phi) is 6.36. The van der Waals surface area contributed by atoms with E-state index in [1.165, 1.54) is 11.3 Å². The zero-order valence-electron chi connectivity index (χ0n) is 12.2. The van der Waals surface area contributed by atoms with Crippen LogP contribution in [-0.4, -0.2) is 28.0 Å². The smallest absolute Gasteiger partial charge is 0.0644 e. The van der Waals surface area contributed by atoms with Crippen LogP contribution in [0.5, 0.6) is 0 Å². The summed E-state index contributed by atoms with van der Waals surface area (Å²) in [4.78, 5) is 0. The van der Waals surface area contributed by atoms with Crippen molar-refractivity contribution in [1.29, 1.82) is 0 Å². The quantitative estimate of drug-likeness (QED) is 0.699. The van der Waals surface area contributed by atoms with E-state index in [0.29, 0.717) is 12.6 Å². The molecule has 0 aromatic carbocycles. The first-order chi connectivity index (χ1) is 8.61. The third kappa shape index (κ3) is 3.82. The first-order valence-corrected chi connectivity index (χ1v) is 7.00. The molecule has 4 heteroatoms. The molecule has 0 aliphatic carbocycles. The SMILES string of the molecule is CCn1nc(C)c(C(C)NCCCCCO)c1C. The molecule has 0 aliphatic heterocycles. The van der Waals surface area contributed by atoms with Crippen LogP contribution in [0.1, 0.15) is 56.1 Å². The van der Waals surface area contributed by atoms with Gasteiger partial charge < -0.3 is 10.4 Å². The lowest BCUT2D eigenvalue weighted by molar-refractivity contribution is 0.282. The molecular formula is C14H27N3O. The summed E-state index contributed by atoms with van der Waals surface area (Å²) in [5.41, 5.74) is 3.73. The number of aliphatic hydroxyl groups excluding tert-OH is 1. The molecule has 0 spiro atoms. The van der Waals surface area contributed by atoms with Crippen LogP contribution in [0.4, 0.5) is 0 Å². The minimum atomic E-state index is 0.303. The van der Waals surface area contributed by atoms with Crippen LogP contribution in [0.25, 0.3) is 0 Å². The second kappa shape index (κ2) is 7.54. The van der Waals surface area contributed by atoms with Gasteiger partial charge in [-0.3, -0.25) is 4.68 Å². The molecule has 0 aliphatic rings. The van der Waals surface area contributed by atoms with Crippen LogP contribution in [0.2, 0.25) is 0 Å². The van der Waals surface area contributed by atoms with Gasteiger partial charge >= 0.3 is 0 Å². The predicted molar refractivity (Wildman–Crippen MR) is 74.7 cm³/mol. The highest BCUT2D eigenvalue weighted by Crippen LogP contribution is 2.21. The molecule has 0 bridgehead atoms. The maximum atomic E-state index is 8.72. The van der Waals surface area contributed by atoms with Gasteiger partial charge in [-0.15, -0.1) is 0 Å². The summed E-state index contributed by atoms with van der Waals surface area (Å²) in [7, 11) is 0. The second-order valence-electron chi connectivity index (χ2n) is 4.86. The van der Waals surface area contributed by atoms with E-state index in [2.05, 4.69) is 42.8 Å². The molecule has 0 saturated carbocycles. The van der Waals surface area contributed by atoms with E-state index in [9.17, 15) is 0 Å². The minimum absolute atomic E-state index is 0.303. The number of nitrogens with one attached hydrogen (secondary N) is 1. The summed E-state index contributed by atoms with van der Waals surface area (Å²) >= 11 is 0. The van der Waals surface area contributed by atoms with Gasteiger partial charge in [-0.1, -0.05) is 0 Å². The van der Waals surface area contributed by atoms with Crippen molar-refractivity contribution in [2.45, 2.75) is 59.5 Å². The maximum absolute atomic E-state index is 8.72. The number of unbranched alkanes of at least 4 members (excludes halogenated alkanes) is 2. The average Bonchev–Trinajstić information content (AvgIpc) is 2.63. The molecule has 104 valence electrons. The third-order valence-electron chi connectivity index (χ3n) is 3.46. The summed E-state index contributed by atoms with van der Waals surface area (Å²) in [5.74, 6) is 0. The van der Waals surface area contributed by atoms with Crippen LogP contribution in [0.3, 0.4) is 0 Å². The van der Waals surface area contributed by atoms with Crippen molar-refractivity contribution in [3.05, 3.63) is 17.0 Å². The van der Waals surface area contributed by atoms with E-state index < -0.39 is 0 Å². The number of hydrogen-bond donors (Lipinski definition) is 2. The van der Waals surface area contributed by atoms with Crippen LogP contribution in [0.15, 0.2) is 0 Å². The Morgan fingerprint density at radius 3 is 2.56 bits per heavy atom. The molecule has 18 heavy (non-hydrogen) atoms. The molecule has 0 amide bonds. The number of nitrogens with zero attached hydrogens (tertiary/aromatic N) is 2. The number of aryl methyl sites for hydroxylation is 2. The highest BCUT2D eigenvalue weighted by atomic mass is 16.2. The Morgan fingerprint density at radius 2 is 2.00 bits per heavy atom. The molecule has 1 aromatic rings. The molecule has 1 atom stereocenters. The minimum Gasteiger partial charge on any atom is -0.396 e. The molecule has 4 nitrogen and oxygen atoms in total. The number of aliphatic hydroxyl groups is 1. The lowest BCUT2D eigenvalue weighted by Crippen LogP contribution is -2.21. The Hall–Kier alpha value is -0.870. The van der Waals surface area contributed by atoms with Crippen molar-refractivity contribution < 1.29 is 5.11 Å². The van der Waals surface area contributed by atoms with Crippen molar-refractivity contribution in [3.8, 4) is 0 Å². The molecule has 0 radical (unpaired) electrons. The van der Waals surface area contributed by atoms with Gasteiger partial charge in [-0.2, -0.15) is 5.10 Å². The molecule has 1 unspecified atom stereocenters. The fourth-order valence-electron chi connectivity index (χ4n) is 2.48. The lowest BCUT2D eigenvalue weighted by atomic mass is 10.1. The molecule has 0 saturated heterocycles. The standard InChI is InChI=1S/C14H27N3O/c1-5-17-13(4)14(12(3)16-17)11(2)15-9-7-6-8-10-18/h11,15,18H,5-10H2,1-4H3. The molecule has 0 fully saturated rings. The Morgan fingerprint density at radius 1 is 1.28 bits per heavy atom. The van der Waals surface area contributed by atoms with E-state index in [0.717, 1.165) is 38.0 Å². The van der Waals surface area contributed by atoms with Crippen molar-refractivity contribution in [3.63, 3.8) is 0 Å². The first-order valence-electron chi connectivity index (χ1n) is 7.00. The molecule has 1 rings (SSSR count). The fourth-order valence-corrected chi connectivity index (χ4v) is 2.48. The maximum Gasteiger partial charge on any atom is 0.0644 e. The summed E-state index contributed by atoms with van der Waals surface area (Å²) in [6.45, 7) is 10.8. The van der Waals surface area contributed by atoms with Crippen molar-refractivity contribution >= 4 is 0 Å². The fraction of sp³-hybridized carbons (Fsp3) is 0.786. The van der Waals surface area contributed by atoms with Gasteiger partial charge in [0.1, 0.15) is 0 Å². The average molecular weight is 253 g/mol. The largest absolute Gasteiger partial charge is 0.396 e. The van der Waals surface area contributed by atoms with Crippen LogP contribution in [-0.2, 0) is 6.54 Å². The second-order valence-corrected chi connectivity index (χ2v) is 4.86. The highest BCUT2D eigenvalue weighted by molar-refractivity contribution is 5.27. The van der Waals surface area contributed by atoms with Gasteiger partial charge in [-0.05, 0) is 53.5 Å². The topological polar surface area (TPSA) is 50.1 Å². The lowest BCUT2D eigenvalue weighted by Gasteiger charge is -2.14. The Labute approximate surface area is 110 Å². The van der Waals surface area contributed by atoms with E-state index in [1.807, 2.05) is 0 Å². The first kappa shape index (κ1) is 15.2. The predicted octanol–water partition coefficient (Wildman–Crippen LogP) is 2.33. The molecular weight excluding hydrogens is 226 g/mol.